The molecule has 2 aliphatic rings. The molecule has 6 heteroatoms. The zero-order chi connectivity index (χ0) is 21.3. The molecule has 162 valence electrons. The molecule has 0 bridgehead atoms. The van der Waals surface area contributed by atoms with Gasteiger partial charge in [0.1, 0.15) is 5.58 Å². The Morgan fingerprint density at radius 2 is 1.97 bits per heavy atom. The van der Waals surface area contributed by atoms with Gasteiger partial charge in [-0.15, -0.1) is 0 Å². The van der Waals surface area contributed by atoms with Crippen LogP contribution in [0.2, 0.25) is 0 Å². The minimum Gasteiger partial charge on any atom is -0.451 e. The van der Waals surface area contributed by atoms with Crippen LogP contribution in [0.1, 0.15) is 54.3 Å². The van der Waals surface area contributed by atoms with Gasteiger partial charge in [0.2, 0.25) is 0 Å². The molecule has 2 aliphatic heterocycles. The fourth-order valence-electron chi connectivity index (χ4n) is 5.04. The predicted molar refractivity (Wildman–Crippen MR) is 119 cm³/mol. The quantitative estimate of drug-likeness (QED) is 0.692. The van der Waals surface area contributed by atoms with Gasteiger partial charge in [-0.2, -0.15) is 0 Å². The summed E-state index contributed by atoms with van der Waals surface area (Å²) in [5, 5.41) is 12.3. The molecular weight excluding hydrogens is 390 g/mol. The standard InChI is InChI=1S/C25H29N3O3/c29-24(23-16-19-6-1-2-9-22(19)31-23)27-14-10-25(30,11-15-27)18-28-13-4-3-8-21(28)20-7-5-12-26-17-20/h1-2,5-7,9,12,16-17,21,30H,3-4,8,10-11,13-15,18H2/t21-/m0/s1. The number of carbonyl (C=O) groups is 1. The Labute approximate surface area is 182 Å². The molecule has 1 N–H and O–H groups in total. The highest BCUT2D eigenvalue weighted by Gasteiger charge is 2.38. The molecule has 31 heavy (non-hydrogen) atoms. The smallest absolute Gasteiger partial charge is 0.289 e. The van der Waals surface area contributed by atoms with E-state index in [4.69, 9.17) is 4.42 Å². The van der Waals surface area contributed by atoms with Gasteiger partial charge in [0.05, 0.1) is 5.60 Å². The van der Waals surface area contributed by atoms with Gasteiger partial charge < -0.3 is 14.4 Å². The summed E-state index contributed by atoms with van der Waals surface area (Å²) in [5.74, 6) is 0.281. The average molecular weight is 420 g/mol. The minimum atomic E-state index is -0.775. The third kappa shape index (κ3) is 4.23. The second-order valence-corrected chi connectivity index (χ2v) is 8.93. The molecule has 0 radical (unpaired) electrons. The highest BCUT2D eigenvalue weighted by molar-refractivity contribution is 5.96. The van der Waals surface area contributed by atoms with E-state index < -0.39 is 5.60 Å². The second kappa shape index (κ2) is 8.44. The maximum absolute atomic E-state index is 12.9. The number of para-hydroxylation sites is 1. The predicted octanol–water partition coefficient (Wildman–Crippen LogP) is 4.02. The number of hydrogen-bond acceptors (Lipinski definition) is 5. The number of piperidine rings is 2. The van der Waals surface area contributed by atoms with Crippen LogP contribution in [0.4, 0.5) is 0 Å². The number of furan rings is 1. The zero-order valence-corrected chi connectivity index (χ0v) is 17.7. The van der Waals surface area contributed by atoms with E-state index in [1.165, 1.54) is 12.0 Å². The Morgan fingerprint density at radius 1 is 1.13 bits per heavy atom. The van der Waals surface area contributed by atoms with Gasteiger partial charge in [0, 0.05) is 43.5 Å². The van der Waals surface area contributed by atoms with Crippen LogP contribution < -0.4 is 0 Å². The molecule has 0 spiro atoms. The van der Waals surface area contributed by atoms with Crippen molar-refractivity contribution in [1.29, 1.82) is 0 Å². The number of benzene rings is 1. The summed E-state index contributed by atoms with van der Waals surface area (Å²) < 4.78 is 5.75. The lowest BCUT2D eigenvalue weighted by Gasteiger charge is -2.44. The Morgan fingerprint density at radius 3 is 2.74 bits per heavy atom. The van der Waals surface area contributed by atoms with E-state index in [9.17, 15) is 9.90 Å². The number of carbonyl (C=O) groups excluding carboxylic acids is 1. The van der Waals surface area contributed by atoms with Crippen molar-refractivity contribution < 1.29 is 14.3 Å². The number of β-amino-alcohol motifs (C(OH)–C–C–N with tert-alkyl or cyclic N) is 1. The van der Waals surface area contributed by atoms with Crippen LogP contribution in [0.3, 0.4) is 0 Å². The molecule has 2 fully saturated rings. The molecular formula is C25H29N3O3. The summed E-state index contributed by atoms with van der Waals surface area (Å²) in [6, 6.07) is 13.9. The van der Waals surface area contributed by atoms with Crippen molar-refractivity contribution in [3.05, 3.63) is 66.2 Å². The van der Waals surface area contributed by atoms with Gasteiger partial charge in [0.25, 0.3) is 5.91 Å². The van der Waals surface area contributed by atoms with E-state index in [0.29, 0.717) is 44.3 Å². The van der Waals surface area contributed by atoms with Crippen LogP contribution in [0.25, 0.3) is 11.0 Å². The highest BCUT2D eigenvalue weighted by Crippen LogP contribution is 2.34. The lowest BCUT2D eigenvalue weighted by molar-refractivity contribution is -0.0543. The summed E-state index contributed by atoms with van der Waals surface area (Å²) in [4.78, 5) is 21.5. The van der Waals surface area contributed by atoms with E-state index in [-0.39, 0.29) is 5.91 Å². The molecule has 0 unspecified atom stereocenters. The summed E-state index contributed by atoms with van der Waals surface area (Å²) in [7, 11) is 0. The fourth-order valence-corrected chi connectivity index (χ4v) is 5.04. The summed E-state index contributed by atoms with van der Waals surface area (Å²) in [6.45, 7) is 2.71. The summed E-state index contributed by atoms with van der Waals surface area (Å²) >= 11 is 0. The average Bonchev–Trinajstić information content (AvgIpc) is 3.24. The Hall–Kier alpha value is -2.70. The normalized spacial score (nSPS) is 22.0. The number of amides is 1. The maximum atomic E-state index is 12.9. The first kappa shape index (κ1) is 20.2. The number of aromatic nitrogens is 1. The van der Waals surface area contributed by atoms with Crippen molar-refractivity contribution in [2.75, 3.05) is 26.2 Å². The van der Waals surface area contributed by atoms with E-state index in [0.717, 1.165) is 30.4 Å². The molecule has 5 rings (SSSR count). The van der Waals surface area contributed by atoms with E-state index in [1.807, 2.05) is 42.6 Å². The number of nitrogens with zero attached hydrogens (tertiary/aromatic N) is 3. The van der Waals surface area contributed by atoms with Gasteiger partial charge in [-0.3, -0.25) is 14.7 Å². The van der Waals surface area contributed by atoms with Crippen LogP contribution in [0, 0.1) is 0 Å². The minimum absolute atomic E-state index is 0.0931. The lowest BCUT2D eigenvalue weighted by Crippen LogP contribution is -2.53. The van der Waals surface area contributed by atoms with Gasteiger partial charge in [-0.1, -0.05) is 30.7 Å². The molecule has 1 amide bonds. The number of likely N-dealkylation sites (tertiary alicyclic amines) is 2. The fraction of sp³-hybridized carbons (Fsp3) is 0.440. The van der Waals surface area contributed by atoms with Crippen LogP contribution in [0.5, 0.6) is 0 Å². The molecule has 3 aromatic rings. The molecule has 4 heterocycles. The number of hydrogen-bond donors (Lipinski definition) is 1. The van der Waals surface area contributed by atoms with Crippen LogP contribution in [0.15, 0.2) is 59.3 Å². The first-order chi connectivity index (χ1) is 15.1. The summed E-state index contributed by atoms with van der Waals surface area (Å²) in [5.41, 5.74) is 1.18. The maximum Gasteiger partial charge on any atom is 0.289 e. The van der Waals surface area contributed by atoms with Crippen LogP contribution in [-0.2, 0) is 0 Å². The molecule has 2 aromatic heterocycles. The van der Waals surface area contributed by atoms with Crippen molar-refractivity contribution in [2.45, 2.75) is 43.7 Å². The van der Waals surface area contributed by atoms with Gasteiger partial charge in [0.15, 0.2) is 5.76 Å². The Bertz CT molecular complexity index is 1010. The van der Waals surface area contributed by atoms with E-state index >= 15 is 0 Å². The Balaban J connectivity index is 1.24. The number of pyridine rings is 1. The van der Waals surface area contributed by atoms with Crippen molar-refractivity contribution in [3.8, 4) is 0 Å². The molecule has 0 saturated carbocycles. The number of rotatable bonds is 4. The van der Waals surface area contributed by atoms with Crippen molar-refractivity contribution in [1.82, 2.24) is 14.8 Å². The molecule has 1 aromatic carbocycles. The highest BCUT2D eigenvalue weighted by atomic mass is 16.3. The van der Waals surface area contributed by atoms with E-state index in [2.05, 4.69) is 16.0 Å². The van der Waals surface area contributed by atoms with Gasteiger partial charge >= 0.3 is 0 Å². The molecule has 2 saturated heterocycles. The Kier molecular flexibility index (Phi) is 5.50. The SMILES string of the molecule is O=C(c1cc2ccccc2o1)N1CCC(O)(CN2CCCC[C@H]2c2cccnc2)CC1. The largest absolute Gasteiger partial charge is 0.451 e. The monoisotopic (exact) mass is 419 g/mol. The first-order valence-corrected chi connectivity index (χ1v) is 11.3. The molecule has 1 atom stereocenters. The lowest BCUT2D eigenvalue weighted by atomic mass is 9.88. The zero-order valence-electron chi connectivity index (χ0n) is 17.7. The molecule has 6 nitrogen and oxygen atoms in total. The first-order valence-electron chi connectivity index (χ1n) is 11.3. The van der Waals surface area contributed by atoms with Crippen LogP contribution in [-0.4, -0.2) is 57.6 Å². The number of aliphatic hydroxyl groups is 1. The van der Waals surface area contributed by atoms with Gasteiger partial charge in [-0.05, 0) is 56.0 Å². The van der Waals surface area contributed by atoms with Crippen molar-refractivity contribution >= 4 is 16.9 Å². The van der Waals surface area contributed by atoms with Gasteiger partial charge in [-0.25, -0.2) is 0 Å². The topological polar surface area (TPSA) is 69.8 Å². The third-order valence-corrected chi connectivity index (χ3v) is 6.80. The third-order valence-electron chi connectivity index (χ3n) is 6.80. The van der Waals surface area contributed by atoms with Crippen molar-refractivity contribution in [3.63, 3.8) is 0 Å². The molecule has 0 aliphatic carbocycles. The second-order valence-electron chi connectivity index (χ2n) is 8.93. The van der Waals surface area contributed by atoms with Crippen molar-refractivity contribution in [2.24, 2.45) is 0 Å². The van der Waals surface area contributed by atoms with E-state index in [1.54, 1.807) is 11.1 Å². The van der Waals surface area contributed by atoms with Crippen LogP contribution >= 0.6 is 0 Å². The number of fused-ring (bicyclic) bond motifs is 1. The summed E-state index contributed by atoms with van der Waals surface area (Å²) in [6.07, 6.45) is 8.36.